The summed E-state index contributed by atoms with van der Waals surface area (Å²) in [4.78, 5) is 41.6. The van der Waals surface area contributed by atoms with Gasteiger partial charge in [0.05, 0.1) is 61.5 Å². The minimum Gasteiger partial charge on any atom is -0.497 e. The van der Waals surface area contributed by atoms with Crippen LogP contribution in [-0.2, 0) is 10.8 Å². The van der Waals surface area contributed by atoms with Crippen LogP contribution in [0, 0.1) is 0 Å². The van der Waals surface area contributed by atoms with E-state index in [9.17, 15) is 13.8 Å². The van der Waals surface area contributed by atoms with Gasteiger partial charge in [-0.05, 0) is 42.2 Å². The van der Waals surface area contributed by atoms with Crippen molar-refractivity contribution in [3.05, 3.63) is 71.0 Å². The van der Waals surface area contributed by atoms with Gasteiger partial charge in [-0.15, -0.1) is 0 Å². The Bertz CT molecular complexity index is 1700. The Morgan fingerprint density at radius 1 is 0.733 bits per heavy atom. The molecule has 4 N–H and O–H groups in total. The number of hydrogen-bond donors (Lipinski definition) is 2. The Morgan fingerprint density at radius 3 is 1.62 bits per heavy atom. The van der Waals surface area contributed by atoms with Crippen LogP contribution in [-0.4, -0.2) is 75.7 Å². The van der Waals surface area contributed by atoms with Crippen molar-refractivity contribution in [1.29, 1.82) is 0 Å². The number of carbonyl (C=O) groups excluding carboxylic acids is 2. The van der Waals surface area contributed by atoms with Crippen LogP contribution in [0.2, 0.25) is 0 Å². The highest BCUT2D eigenvalue weighted by Gasteiger charge is 2.21. The summed E-state index contributed by atoms with van der Waals surface area (Å²) in [6, 6.07) is 9.86. The average Bonchev–Trinajstić information content (AvgIpc) is 3.07. The van der Waals surface area contributed by atoms with Gasteiger partial charge >= 0.3 is 0 Å². The summed E-state index contributed by atoms with van der Waals surface area (Å²) in [5, 5.41) is 0.660. The number of nitrogens with two attached hydrogens (primary N) is 2. The Kier molecular flexibility index (Phi) is 12.6. The number of ether oxygens (including phenoxy) is 4. The molecule has 0 radical (unpaired) electrons. The molecule has 0 aliphatic heterocycles. The molecule has 0 saturated heterocycles. The molecule has 238 valence electrons. The Labute approximate surface area is 267 Å². The monoisotopic (exact) mass is 654 g/mol. The molecule has 0 saturated carbocycles. The normalized spacial score (nSPS) is 11.1. The molecular weight excluding hydrogens is 620 g/mol. The molecule has 0 aliphatic rings. The van der Waals surface area contributed by atoms with E-state index >= 15 is 0 Å². The molecule has 4 rings (SSSR count). The maximum Gasteiger partial charge on any atom is 0.220 e. The SMILES string of the molecule is CCS(=O)c1ncc(C(=O)c2cc(OC)ccc2OC)c(N)n1.CCSc1ncc(C(=O)c2cc(OC)ccc2OC)c(N)n1. The van der Waals surface area contributed by atoms with Crippen LogP contribution in [0.5, 0.6) is 23.0 Å². The van der Waals surface area contributed by atoms with Gasteiger partial charge in [-0.1, -0.05) is 25.6 Å². The summed E-state index contributed by atoms with van der Waals surface area (Å²) in [5.41, 5.74) is 12.7. The van der Waals surface area contributed by atoms with Crippen LogP contribution in [0.4, 0.5) is 11.6 Å². The van der Waals surface area contributed by atoms with Crippen molar-refractivity contribution >= 4 is 45.8 Å². The number of aromatic nitrogens is 4. The van der Waals surface area contributed by atoms with Crippen molar-refractivity contribution in [3.8, 4) is 23.0 Å². The molecule has 0 fully saturated rings. The number of hydrogen-bond acceptors (Lipinski definition) is 14. The van der Waals surface area contributed by atoms with Crippen LogP contribution < -0.4 is 30.4 Å². The minimum atomic E-state index is -1.34. The molecule has 1 atom stereocenters. The summed E-state index contributed by atoms with van der Waals surface area (Å²) in [5.74, 6) is 2.53. The van der Waals surface area contributed by atoms with Gasteiger partial charge in [-0.25, -0.2) is 19.9 Å². The van der Waals surface area contributed by atoms with E-state index in [0.717, 1.165) is 5.75 Å². The van der Waals surface area contributed by atoms with Gasteiger partial charge in [0.25, 0.3) is 0 Å². The number of ketones is 2. The van der Waals surface area contributed by atoms with Crippen LogP contribution in [0.3, 0.4) is 0 Å². The van der Waals surface area contributed by atoms with Gasteiger partial charge in [-0.2, -0.15) is 0 Å². The van der Waals surface area contributed by atoms with Gasteiger partial charge in [0.15, 0.2) is 5.16 Å². The van der Waals surface area contributed by atoms with Gasteiger partial charge in [0.2, 0.25) is 16.7 Å². The first-order valence-corrected chi connectivity index (χ1v) is 15.7. The third-order valence-electron chi connectivity index (χ3n) is 6.12. The largest absolute Gasteiger partial charge is 0.497 e. The van der Waals surface area contributed by atoms with E-state index in [-0.39, 0.29) is 39.3 Å². The van der Waals surface area contributed by atoms with Gasteiger partial charge in [-0.3, -0.25) is 13.8 Å². The molecule has 0 bridgehead atoms. The predicted molar refractivity (Wildman–Crippen MR) is 172 cm³/mol. The first-order valence-electron chi connectivity index (χ1n) is 13.4. The highest BCUT2D eigenvalue weighted by atomic mass is 32.2. The topological polar surface area (TPSA) is 192 Å². The summed E-state index contributed by atoms with van der Waals surface area (Å²) in [6.45, 7) is 3.74. The number of carbonyl (C=O) groups is 2. The fourth-order valence-corrected chi connectivity index (χ4v) is 4.99. The zero-order valence-corrected chi connectivity index (χ0v) is 27.3. The second kappa shape index (κ2) is 16.4. The van der Waals surface area contributed by atoms with Gasteiger partial charge in [0, 0.05) is 18.1 Å². The number of nitrogens with zero attached hydrogens (tertiary/aromatic N) is 4. The van der Waals surface area contributed by atoms with Crippen LogP contribution in [0.1, 0.15) is 45.7 Å². The number of nitrogen functional groups attached to an aromatic ring is 2. The van der Waals surface area contributed by atoms with Gasteiger partial charge < -0.3 is 30.4 Å². The fraction of sp³-hybridized carbons (Fsp3) is 0.267. The highest BCUT2D eigenvalue weighted by molar-refractivity contribution is 7.99. The Balaban J connectivity index is 0.000000246. The molecule has 0 amide bonds. The average molecular weight is 655 g/mol. The molecule has 2 heterocycles. The predicted octanol–water partition coefficient (Wildman–Crippen LogP) is 3.85. The number of rotatable bonds is 12. The highest BCUT2D eigenvalue weighted by Crippen LogP contribution is 2.29. The smallest absolute Gasteiger partial charge is 0.220 e. The zero-order valence-electron chi connectivity index (χ0n) is 25.7. The lowest BCUT2D eigenvalue weighted by Crippen LogP contribution is -2.12. The fourth-order valence-electron chi connectivity index (χ4n) is 3.82. The van der Waals surface area contributed by atoms with Crippen molar-refractivity contribution in [1.82, 2.24) is 19.9 Å². The summed E-state index contributed by atoms with van der Waals surface area (Å²) < 4.78 is 32.4. The van der Waals surface area contributed by atoms with E-state index in [1.54, 1.807) is 43.3 Å². The number of benzene rings is 2. The van der Waals surface area contributed by atoms with E-state index in [1.807, 2.05) is 6.92 Å². The first kappa shape index (κ1) is 34.7. The van der Waals surface area contributed by atoms with E-state index in [2.05, 4.69) is 19.9 Å². The van der Waals surface area contributed by atoms with Crippen LogP contribution in [0.15, 0.2) is 59.1 Å². The number of methoxy groups -OCH3 is 4. The molecule has 2 aromatic carbocycles. The summed E-state index contributed by atoms with van der Waals surface area (Å²) in [6.07, 6.45) is 2.73. The van der Waals surface area contributed by atoms with E-state index in [1.165, 1.54) is 52.6 Å². The maximum atomic E-state index is 12.7. The molecule has 1 unspecified atom stereocenters. The lowest BCUT2D eigenvalue weighted by atomic mass is 10.0. The van der Waals surface area contributed by atoms with E-state index < -0.39 is 16.6 Å². The van der Waals surface area contributed by atoms with Crippen molar-refractivity contribution in [3.63, 3.8) is 0 Å². The minimum absolute atomic E-state index is 0.0216. The molecule has 0 spiro atoms. The number of anilines is 2. The van der Waals surface area contributed by atoms with Crippen molar-refractivity contribution in [2.24, 2.45) is 0 Å². The lowest BCUT2D eigenvalue weighted by molar-refractivity contribution is 0.102. The standard InChI is InChI=1S/C15H17N3O4S.C15H17N3O3S/c1-4-23(20)15-17-8-11(14(16)18-15)13(19)10-7-9(21-2)5-6-12(10)22-3;1-4-22-15-17-8-11(14(16)18-15)13(19)10-7-9(20-2)5-6-12(10)21-3/h5-8H,4H2,1-3H3,(H2,16,17,18);5-8H,4H2,1-3H3,(H2,16,17,18). The number of thioether (sulfide) groups is 1. The second-order valence-corrected chi connectivity index (χ2v) is 11.6. The van der Waals surface area contributed by atoms with E-state index in [0.29, 0.717) is 39.5 Å². The molecule has 45 heavy (non-hydrogen) atoms. The molecule has 15 heteroatoms. The van der Waals surface area contributed by atoms with Crippen molar-refractivity contribution in [2.75, 3.05) is 51.4 Å². The second-order valence-electron chi connectivity index (χ2n) is 8.76. The molecule has 0 aliphatic carbocycles. The third-order valence-corrected chi connectivity index (χ3v) is 8.00. The Morgan fingerprint density at radius 2 is 1.22 bits per heavy atom. The summed E-state index contributed by atoms with van der Waals surface area (Å²) in [7, 11) is 4.66. The molecule has 4 aromatic rings. The third kappa shape index (κ3) is 8.45. The van der Waals surface area contributed by atoms with Crippen LogP contribution in [0.25, 0.3) is 0 Å². The maximum absolute atomic E-state index is 12.7. The molecular formula is C30H34N6O7S2. The zero-order chi connectivity index (χ0) is 33.1. The molecule has 13 nitrogen and oxygen atoms in total. The molecule has 2 aromatic heterocycles. The Hall–Kier alpha value is -4.76. The summed E-state index contributed by atoms with van der Waals surface area (Å²) >= 11 is 1.46. The van der Waals surface area contributed by atoms with E-state index in [4.69, 9.17) is 30.4 Å². The lowest BCUT2D eigenvalue weighted by Gasteiger charge is -2.10. The van der Waals surface area contributed by atoms with Crippen molar-refractivity contribution in [2.45, 2.75) is 24.2 Å². The van der Waals surface area contributed by atoms with Crippen LogP contribution >= 0.6 is 11.8 Å². The van der Waals surface area contributed by atoms with Gasteiger partial charge in [0.1, 0.15) is 34.6 Å². The van der Waals surface area contributed by atoms with Crippen molar-refractivity contribution < 1.29 is 32.7 Å². The first-order chi connectivity index (χ1) is 21.6. The quantitative estimate of drug-likeness (QED) is 0.127.